The van der Waals surface area contributed by atoms with Gasteiger partial charge in [-0.3, -0.25) is 4.79 Å². The molecule has 2 fully saturated rings. The fourth-order valence-corrected chi connectivity index (χ4v) is 2.60. The Bertz CT molecular complexity index is 320. The van der Waals surface area contributed by atoms with Gasteiger partial charge in [0.15, 0.2) is 0 Å². The van der Waals surface area contributed by atoms with Gasteiger partial charge in [-0.1, -0.05) is 0 Å². The summed E-state index contributed by atoms with van der Waals surface area (Å²) in [7, 11) is 0. The van der Waals surface area contributed by atoms with Crippen molar-refractivity contribution in [3.05, 3.63) is 0 Å². The van der Waals surface area contributed by atoms with Crippen molar-refractivity contribution in [2.75, 3.05) is 13.1 Å². The average Bonchev–Trinajstić information content (AvgIpc) is 2.60. The molecule has 1 aliphatic heterocycles. The second kappa shape index (κ2) is 3.47. The van der Waals surface area contributed by atoms with Crippen LogP contribution in [-0.4, -0.2) is 35.5 Å². The van der Waals surface area contributed by atoms with Gasteiger partial charge in [0.05, 0.1) is 0 Å². The van der Waals surface area contributed by atoms with Gasteiger partial charge < -0.3 is 9.64 Å². The number of rotatable bonds is 1. The molecule has 1 saturated carbocycles. The summed E-state index contributed by atoms with van der Waals surface area (Å²) in [5.41, 5.74) is -0.441. The molecule has 0 N–H and O–H groups in total. The minimum atomic E-state index is -0.441. The fourth-order valence-electron chi connectivity index (χ4n) is 2.60. The highest BCUT2D eigenvalue weighted by atomic mass is 16.6. The second-order valence-corrected chi connectivity index (χ2v) is 5.85. The van der Waals surface area contributed by atoms with Crippen LogP contribution in [0.2, 0.25) is 0 Å². The van der Waals surface area contributed by atoms with Crippen molar-refractivity contribution < 1.29 is 14.3 Å². The van der Waals surface area contributed by atoms with Crippen LogP contribution in [-0.2, 0) is 9.53 Å². The molecule has 2 rings (SSSR count). The van der Waals surface area contributed by atoms with E-state index >= 15 is 0 Å². The van der Waals surface area contributed by atoms with E-state index in [0.29, 0.717) is 24.9 Å². The van der Waals surface area contributed by atoms with Crippen molar-refractivity contribution in [2.24, 2.45) is 17.8 Å². The topological polar surface area (TPSA) is 46.6 Å². The molecule has 0 aromatic carbocycles. The Balaban J connectivity index is 1.85. The first-order valence-corrected chi connectivity index (χ1v) is 5.78. The molecule has 1 heterocycles. The number of hydrogen-bond donors (Lipinski definition) is 0. The van der Waals surface area contributed by atoms with Gasteiger partial charge in [0.2, 0.25) is 0 Å². The van der Waals surface area contributed by atoms with E-state index in [4.69, 9.17) is 4.74 Å². The summed E-state index contributed by atoms with van der Waals surface area (Å²) in [6.07, 6.45) is -0.248. The number of ether oxygens (including phenoxy) is 1. The van der Waals surface area contributed by atoms with Crippen LogP contribution in [0.1, 0.15) is 27.7 Å². The van der Waals surface area contributed by atoms with Crippen molar-refractivity contribution in [2.45, 2.75) is 33.3 Å². The minimum Gasteiger partial charge on any atom is -0.444 e. The highest BCUT2D eigenvalue weighted by Crippen LogP contribution is 2.52. The van der Waals surface area contributed by atoms with Gasteiger partial charge in [-0.2, -0.15) is 0 Å². The number of carbonyl (C=O) groups excluding carboxylic acids is 2. The predicted molar refractivity (Wildman–Crippen MR) is 59.0 cm³/mol. The molecule has 0 spiro atoms. The number of fused-ring (bicyclic) bond motifs is 1. The normalized spacial score (nSPS) is 32.2. The maximum atomic E-state index is 11.7. The van der Waals surface area contributed by atoms with Crippen molar-refractivity contribution in [1.82, 2.24) is 4.90 Å². The SMILES string of the molecule is CC(=O)C1C2CN(C(=O)OC(C)(C)C)CC21. The standard InChI is InChI=1S/C12H19NO3/c1-7(14)10-8-5-13(6-9(8)10)11(15)16-12(2,3)4/h8-10H,5-6H2,1-4H3. The zero-order chi connectivity index (χ0) is 12.1. The zero-order valence-corrected chi connectivity index (χ0v) is 10.3. The van der Waals surface area contributed by atoms with Crippen LogP contribution < -0.4 is 0 Å². The van der Waals surface area contributed by atoms with Crippen LogP contribution >= 0.6 is 0 Å². The third-order valence-electron chi connectivity index (χ3n) is 3.32. The van der Waals surface area contributed by atoms with Crippen molar-refractivity contribution in [3.63, 3.8) is 0 Å². The van der Waals surface area contributed by atoms with Crippen molar-refractivity contribution >= 4 is 11.9 Å². The molecule has 0 bridgehead atoms. The van der Waals surface area contributed by atoms with E-state index in [1.165, 1.54) is 0 Å². The molecule has 2 unspecified atom stereocenters. The molecule has 4 nitrogen and oxygen atoms in total. The Kier molecular flexibility index (Phi) is 2.48. The van der Waals surface area contributed by atoms with E-state index in [1.807, 2.05) is 20.8 Å². The summed E-state index contributed by atoms with van der Waals surface area (Å²) in [6.45, 7) is 8.59. The lowest BCUT2D eigenvalue weighted by molar-refractivity contribution is -0.119. The lowest BCUT2D eigenvalue weighted by Gasteiger charge is -2.25. The van der Waals surface area contributed by atoms with E-state index in [-0.39, 0.29) is 17.8 Å². The molecule has 1 amide bonds. The summed E-state index contributed by atoms with van der Waals surface area (Å²) in [5, 5.41) is 0. The molecule has 1 aliphatic carbocycles. The molecular formula is C12H19NO3. The first-order chi connectivity index (χ1) is 7.29. The molecule has 0 radical (unpaired) electrons. The smallest absolute Gasteiger partial charge is 0.410 e. The van der Waals surface area contributed by atoms with Gasteiger partial charge >= 0.3 is 6.09 Å². The number of hydrogen-bond acceptors (Lipinski definition) is 3. The molecule has 2 atom stereocenters. The van der Waals surface area contributed by atoms with Crippen molar-refractivity contribution in [1.29, 1.82) is 0 Å². The van der Waals surface area contributed by atoms with Crippen LogP contribution in [0.15, 0.2) is 0 Å². The van der Waals surface area contributed by atoms with E-state index in [2.05, 4.69) is 0 Å². The molecule has 2 aliphatic rings. The summed E-state index contributed by atoms with van der Waals surface area (Å²) in [4.78, 5) is 24.6. The number of Topliss-reactive ketones (excluding diaryl/α,β-unsaturated/α-hetero) is 1. The van der Waals surface area contributed by atoms with Gasteiger partial charge in [0.1, 0.15) is 11.4 Å². The quantitative estimate of drug-likeness (QED) is 0.682. The largest absolute Gasteiger partial charge is 0.444 e. The maximum Gasteiger partial charge on any atom is 0.410 e. The third-order valence-corrected chi connectivity index (χ3v) is 3.32. The van der Waals surface area contributed by atoms with E-state index in [9.17, 15) is 9.59 Å². The van der Waals surface area contributed by atoms with E-state index < -0.39 is 5.60 Å². The van der Waals surface area contributed by atoms with Gasteiger partial charge in [0, 0.05) is 19.0 Å². The fraction of sp³-hybridized carbons (Fsp3) is 0.833. The van der Waals surface area contributed by atoms with E-state index in [0.717, 1.165) is 0 Å². The highest BCUT2D eigenvalue weighted by molar-refractivity contribution is 5.83. The molecule has 0 aromatic heterocycles. The van der Waals surface area contributed by atoms with E-state index in [1.54, 1.807) is 11.8 Å². The number of carbonyl (C=O) groups is 2. The Morgan fingerprint density at radius 1 is 1.19 bits per heavy atom. The van der Waals surface area contributed by atoms with Crippen LogP contribution in [0, 0.1) is 17.8 Å². The molecule has 1 saturated heterocycles. The Morgan fingerprint density at radius 2 is 1.69 bits per heavy atom. The number of piperidine rings is 1. The monoisotopic (exact) mass is 225 g/mol. The molecule has 16 heavy (non-hydrogen) atoms. The number of ketones is 1. The van der Waals surface area contributed by atoms with Crippen LogP contribution in [0.25, 0.3) is 0 Å². The van der Waals surface area contributed by atoms with Gasteiger partial charge in [-0.15, -0.1) is 0 Å². The molecule has 90 valence electrons. The van der Waals surface area contributed by atoms with Gasteiger partial charge in [-0.05, 0) is 39.5 Å². The third kappa shape index (κ3) is 2.06. The Morgan fingerprint density at radius 3 is 2.06 bits per heavy atom. The average molecular weight is 225 g/mol. The minimum absolute atomic E-state index is 0.207. The number of amides is 1. The Hall–Kier alpha value is -1.06. The van der Waals surface area contributed by atoms with Crippen LogP contribution in [0.5, 0.6) is 0 Å². The first-order valence-electron chi connectivity index (χ1n) is 5.78. The maximum absolute atomic E-state index is 11.7. The molecule has 4 heteroatoms. The number of likely N-dealkylation sites (tertiary alicyclic amines) is 1. The lowest BCUT2D eigenvalue weighted by atomic mass is 10.2. The van der Waals surface area contributed by atoms with Crippen LogP contribution in [0.4, 0.5) is 4.79 Å². The molecule has 0 aromatic rings. The highest BCUT2D eigenvalue weighted by Gasteiger charge is 2.59. The summed E-state index contributed by atoms with van der Waals surface area (Å²) in [5.74, 6) is 1.26. The van der Waals surface area contributed by atoms with Crippen molar-refractivity contribution in [3.8, 4) is 0 Å². The summed E-state index contributed by atoms with van der Waals surface area (Å²) < 4.78 is 5.29. The first kappa shape index (κ1) is 11.4. The Labute approximate surface area is 95.9 Å². The number of nitrogens with zero attached hydrogens (tertiary/aromatic N) is 1. The second-order valence-electron chi connectivity index (χ2n) is 5.85. The lowest BCUT2D eigenvalue weighted by Crippen LogP contribution is -2.37. The van der Waals surface area contributed by atoms with Gasteiger partial charge in [0.25, 0.3) is 0 Å². The van der Waals surface area contributed by atoms with Gasteiger partial charge in [-0.25, -0.2) is 4.79 Å². The summed E-state index contributed by atoms with van der Waals surface area (Å²) >= 11 is 0. The van der Waals surface area contributed by atoms with Crippen LogP contribution in [0.3, 0.4) is 0 Å². The predicted octanol–water partition coefficient (Wildman–Crippen LogP) is 1.69. The zero-order valence-electron chi connectivity index (χ0n) is 10.3. The molecular weight excluding hydrogens is 206 g/mol. The summed E-state index contributed by atoms with van der Waals surface area (Å²) in [6, 6.07) is 0.